The Hall–Kier alpha value is -2.13. The number of nitrogens with zero attached hydrogens (tertiary/aromatic N) is 4. The summed E-state index contributed by atoms with van der Waals surface area (Å²) < 4.78 is 25.2. The summed E-state index contributed by atoms with van der Waals surface area (Å²) in [6, 6.07) is 7.12. The van der Waals surface area contributed by atoms with Crippen LogP contribution >= 0.6 is 0 Å². The van der Waals surface area contributed by atoms with Crippen LogP contribution < -0.4 is 5.32 Å². The van der Waals surface area contributed by atoms with Gasteiger partial charge in [-0.3, -0.25) is 4.79 Å². The standard InChI is InChI=1S/C15H19N5O3S/c1-2-24(22,23)20-9-7-11(8-10-20)16-15(21)14-17-12-5-3-4-6-13(12)18-19-14/h3-6,11H,2,7-10H2,1H3,(H,16,21). The molecule has 8 nitrogen and oxygen atoms in total. The van der Waals surface area contributed by atoms with E-state index in [9.17, 15) is 13.2 Å². The van der Waals surface area contributed by atoms with E-state index in [2.05, 4.69) is 20.5 Å². The fourth-order valence-electron chi connectivity index (χ4n) is 2.69. The third-order valence-electron chi connectivity index (χ3n) is 4.11. The zero-order valence-corrected chi connectivity index (χ0v) is 14.2. The van der Waals surface area contributed by atoms with Crippen molar-refractivity contribution in [3.05, 3.63) is 30.1 Å². The smallest absolute Gasteiger partial charge is 0.291 e. The van der Waals surface area contributed by atoms with Crippen molar-refractivity contribution in [1.82, 2.24) is 24.8 Å². The Balaban J connectivity index is 1.63. The van der Waals surface area contributed by atoms with Crippen LogP contribution in [0.1, 0.15) is 30.4 Å². The van der Waals surface area contributed by atoms with E-state index >= 15 is 0 Å². The van der Waals surface area contributed by atoms with E-state index in [1.807, 2.05) is 12.1 Å². The summed E-state index contributed by atoms with van der Waals surface area (Å²) in [4.78, 5) is 16.5. The molecule has 0 saturated carbocycles. The molecule has 1 amide bonds. The molecule has 1 fully saturated rings. The van der Waals surface area contributed by atoms with Gasteiger partial charge >= 0.3 is 0 Å². The predicted molar refractivity (Wildman–Crippen MR) is 88.9 cm³/mol. The highest BCUT2D eigenvalue weighted by molar-refractivity contribution is 7.89. The van der Waals surface area contributed by atoms with Crippen LogP contribution in [0.25, 0.3) is 11.0 Å². The van der Waals surface area contributed by atoms with Gasteiger partial charge in [-0.2, -0.15) is 0 Å². The van der Waals surface area contributed by atoms with Crippen molar-refractivity contribution in [2.75, 3.05) is 18.8 Å². The van der Waals surface area contributed by atoms with Crippen LogP contribution in [0, 0.1) is 0 Å². The number of benzene rings is 1. The van der Waals surface area contributed by atoms with E-state index in [1.54, 1.807) is 19.1 Å². The third-order valence-corrected chi connectivity index (χ3v) is 5.99. The maximum atomic E-state index is 12.3. The minimum absolute atomic E-state index is 0.0253. The Bertz CT molecular complexity index is 847. The second-order valence-corrected chi connectivity index (χ2v) is 7.93. The molecule has 2 heterocycles. The molecule has 0 atom stereocenters. The lowest BCUT2D eigenvalue weighted by atomic mass is 10.1. The monoisotopic (exact) mass is 349 g/mol. The molecular formula is C15H19N5O3S. The molecule has 1 aromatic carbocycles. The molecule has 0 spiro atoms. The molecule has 9 heteroatoms. The Morgan fingerprint density at radius 1 is 1.21 bits per heavy atom. The van der Waals surface area contributed by atoms with Crippen molar-refractivity contribution < 1.29 is 13.2 Å². The van der Waals surface area contributed by atoms with Crippen LogP contribution in [0.4, 0.5) is 0 Å². The van der Waals surface area contributed by atoms with E-state index in [0.717, 1.165) is 0 Å². The topological polar surface area (TPSA) is 105 Å². The largest absolute Gasteiger partial charge is 0.346 e. The summed E-state index contributed by atoms with van der Waals surface area (Å²) in [7, 11) is -3.16. The van der Waals surface area contributed by atoms with E-state index in [4.69, 9.17) is 0 Å². The number of aromatic nitrogens is 3. The number of fused-ring (bicyclic) bond motifs is 1. The highest BCUT2D eigenvalue weighted by Gasteiger charge is 2.28. The van der Waals surface area contributed by atoms with E-state index < -0.39 is 10.0 Å². The fourth-order valence-corrected chi connectivity index (χ4v) is 3.82. The molecule has 0 aliphatic carbocycles. The van der Waals surface area contributed by atoms with E-state index in [1.165, 1.54) is 4.31 Å². The molecule has 1 aromatic heterocycles. The summed E-state index contributed by atoms with van der Waals surface area (Å²) >= 11 is 0. The Labute approximate surface area is 140 Å². The van der Waals surface area contributed by atoms with Gasteiger partial charge < -0.3 is 5.32 Å². The lowest BCUT2D eigenvalue weighted by Gasteiger charge is -2.31. The van der Waals surface area contributed by atoms with Gasteiger partial charge in [0.1, 0.15) is 5.52 Å². The average molecular weight is 349 g/mol. The lowest BCUT2D eigenvalue weighted by Crippen LogP contribution is -2.47. The van der Waals surface area contributed by atoms with Gasteiger partial charge in [-0.1, -0.05) is 12.1 Å². The highest BCUT2D eigenvalue weighted by atomic mass is 32.2. The minimum atomic E-state index is -3.16. The van der Waals surface area contributed by atoms with E-state index in [0.29, 0.717) is 37.0 Å². The van der Waals surface area contributed by atoms with Crippen LogP contribution in [0.3, 0.4) is 0 Å². The SMILES string of the molecule is CCS(=O)(=O)N1CCC(NC(=O)c2nnc3ccccc3n2)CC1. The van der Waals surface area contributed by atoms with Crippen molar-refractivity contribution in [1.29, 1.82) is 0 Å². The summed E-state index contributed by atoms with van der Waals surface area (Å²) in [6.45, 7) is 2.46. The molecular weight excluding hydrogens is 330 g/mol. The first-order valence-electron chi connectivity index (χ1n) is 7.88. The molecule has 0 radical (unpaired) electrons. The first-order valence-corrected chi connectivity index (χ1v) is 9.48. The van der Waals surface area contributed by atoms with Gasteiger partial charge in [-0.05, 0) is 31.9 Å². The number of hydrogen-bond acceptors (Lipinski definition) is 6. The van der Waals surface area contributed by atoms with Crippen molar-refractivity contribution in [3.63, 3.8) is 0 Å². The van der Waals surface area contributed by atoms with Crippen LogP contribution in [0.5, 0.6) is 0 Å². The summed E-state index contributed by atoms with van der Waals surface area (Å²) in [5.74, 6) is -0.261. The van der Waals surface area contributed by atoms with Crippen molar-refractivity contribution in [2.24, 2.45) is 0 Å². The molecule has 2 aromatic rings. The molecule has 1 N–H and O–H groups in total. The molecule has 128 valence electrons. The number of sulfonamides is 1. The Kier molecular flexibility index (Phi) is 4.72. The van der Waals surface area contributed by atoms with Crippen molar-refractivity contribution >= 4 is 27.0 Å². The predicted octanol–water partition coefficient (Wildman–Crippen LogP) is 0.569. The van der Waals surface area contributed by atoms with Gasteiger partial charge in [0.15, 0.2) is 0 Å². The lowest BCUT2D eigenvalue weighted by molar-refractivity contribution is 0.0912. The van der Waals surface area contributed by atoms with Crippen LogP contribution in [-0.2, 0) is 10.0 Å². The molecule has 1 aliphatic heterocycles. The maximum absolute atomic E-state index is 12.3. The van der Waals surface area contributed by atoms with Crippen molar-refractivity contribution in [2.45, 2.75) is 25.8 Å². The number of amides is 1. The Morgan fingerprint density at radius 3 is 2.54 bits per heavy atom. The number of hydrogen-bond donors (Lipinski definition) is 1. The molecule has 1 saturated heterocycles. The number of piperidine rings is 1. The zero-order valence-electron chi connectivity index (χ0n) is 13.3. The summed E-state index contributed by atoms with van der Waals surface area (Å²) in [5.41, 5.74) is 1.24. The average Bonchev–Trinajstić information content (AvgIpc) is 2.61. The molecule has 0 bridgehead atoms. The van der Waals surface area contributed by atoms with Crippen molar-refractivity contribution in [3.8, 4) is 0 Å². The van der Waals surface area contributed by atoms with Crippen LogP contribution in [-0.4, -0.2) is 58.7 Å². The summed E-state index contributed by atoms with van der Waals surface area (Å²) in [6.07, 6.45) is 1.15. The Morgan fingerprint density at radius 2 is 1.88 bits per heavy atom. The number of para-hydroxylation sites is 1. The number of carbonyl (C=O) groups is 1. The normalized spacial score (nSPS) is 17.0. The van der Waals surface area contributed by atoms with Gasteiger partial charge in [-0.15, -0.1) is 10.2 Å². The number of rotatable bonds is 4. The minimum Gasteiger partial charge on any atom is -0.346 e. The van der Waals surface area contributed by atoms with Gasteiger partial charge in [0.05, 0.1) is 11.3 Å². The molecule has 24 heavy (non-hydrogen) atoms. The first kappa shape index (κ1) is 16.7. The fraction of sp³-hybridized carbons (Fsp3) is 0.467. The molecule has 0 unspecified atom stereocenters. The maximum Gasteiger partial charge on any atom is 0.291 e. The third kappa shape index (κ3) is 3.51. The van der Waals surface area contributed by atoms with Gasteiger partial charge in [0, 0.05) is 19.1 Å². The van der Waals surface area contributed by atoms with Crippen LogP contribution in [0.15, 0.2) is 24.3 Å². The quantitative estimate of drug-likeness (QED) is 0.865. The number of nitrogens with one attached hydrogen (secondary N) is 1. The zero-order chi connectivity index (χ0) is 17.2. The first-order chi connectivity index (χ1) is 11.5. The molecule has 1 aliphatic rings. The number of carbonyl (C=O) groups excluding carboxylic acids is 1. The van der Waals surface area contributed by atoms with Gasteiger partial charge in [0.25, 0.3) is 5.91 Å². The summed E-state index contributed by atoms with van der Waals surface area (Å²) in [5, 5.41) is 10.7. The second kappa shape index (κ2) is 6.78. The highest BCUT2D eigenvalue weighted by Crippen LogP contribution is 2.15. The van der Waals surface area contributed by atoms with Gasteiger partial charge in [0.2, 0.25) is 15.8 Å². The van der Waals surface area contributed by atoms with Gasteiger partial charge in [-0.25, -0.2) is 17.7 Å². The molecule has 3 rings (SSSR count). The van der Waals surface area contributed by atoms with E-state index in [-0.39, 0.29) is 23.5 Å². The second-order valence-electron chi connectivity index (χ2n) is 5.67. The van der Waals surface area contributed by atoms with Crippen LogP contribution in [0.2, 0.25) is 0 Å².